The predicted octanol–water partition coefficient (Wildman–Crippen LogP) is 5.66. The second kappa shape index (κ2) is 6.90. The number of benzene rings is 3. The molecule has 5 rings (SSSR count). The molecular weight excluding hydrogens is 382 g/mol. The smallest absolute Gasteiger partial charge is 0.228 e. The van der Waals surface area contributed by atoms with Crippen LogP contribution in [0.2, 0.25) is 5.02 Å². The van der Waals surface area contributed by atoms with Gasteiger partial charge in [-0.1, -0.05) is 48.0 Å². The fraction of sp³-hybridized carbons (Fsp3) is 0.0833. The van der Waals surface area contributed by atoms with Crippen LogP contribution in [0.5, 0.6) is 0 Å². The van der Waals surface area contributed by atoms with E-state index >= 15 is 0 Å². The van der Waals surface area contributed by atoms with Crippen molar-refractivity contribution in [2.24, 2.45) is 0 Å². The average molecular weight is 400 g/mol. The number of rotatable bonds is 3. The summed E-state index contributed by atoms with van der Waals surface area (Å²) in [6.45, 7) is 1.99. The number of nitrogens with one attached hydrogen (secondary N) is 1. The van der Waals surface area contributed by atoms with Crippen LogP contribution in [0.4, 0.5) is 5.69 Å². The summed E-state index contributed by atoms with van der Waals surface area (Å²) >= 11 is 6.47. The minimum absolute atomic E-state index is 0.0119. The summed E-state index contributed by atoms with van der Waals surface area (Å²) in [6.07, 6.45) is 4.17. The number of aryl methyl sites for hydroxylation is 1. The van der Waals surface area contributed by atoms with Crippen LogP contribution in [0.3, 0.4) is 0 Å². The Balaban J connectivity index is 1.43. The topological polar surface area (TPSA) is 46.9 Å². The molecule has 0 radical (unpaired) electrons. The molecule has 1 aromatic heterocycles. The first-order valence-electron chi connectivity index (χ1n) is 9.42. The molecule has 0 atom stereocenters. The Morgan fingerprint density at radius 1 is 0.966 bits per heavy atom. The minimum Gasteiger partial charge on any atom is -0.325 e. The first-order valence-corrected chi connectivity index (χ1v) is 9.80. The van der Waals surface area contributed by atoms with Gasteiger partial charge >= 0.3 is 0 Å². The zero-order chi connectivity index (χ0) is 20.0. The van der Waals surface area contributed by atoms with E-state index in [1.165, 1.54) is 0 Å². The van der Waals surface area contributed by atoms with E-state index in [-0.39, 0.29) is 5.91 Å². The van der Waals surface area contributed by atoms with Gasteiger partial charge in [-0.05, 0) is 53.4 Å². The van der Waals surface area contributed by atoms with Gasteiger partial charge in [0.05, 0.1) is 11.4 Å². The lowest BCUT2D eigenvalue weighted by Crippen LogP contribution is -2.03. The number of imidazole rings is 1. The van der Waals surface area contributed by atoms with E-state index in [9.17, 15) is 4.79 Å². The highest BCUT2D eigenvalue weighted by Crippen LogP contribution is 2.36. The number of aromatic nitrogens is 2. The van der Waals surface area contributed by atoms with Gasteiger partial charge < -0.3 is 9.88 Å². The molecule has 1 N–H and O–H groups in total. The van der Waals surface area contributed by atoms with E-state index in [1.54, 1.807) is 6.20 Å². The molecule has 29 heavy (non-hydrogen) atoms. The molecule has 2 heterocycles. The highest BCUT2D eigenvalue weighted by molar-refractivity contribution is 6.34. The number of anilines is 1. The van der Waals surface area contributed by atoms with Crippen LogP contribution in [0.25, 0.3) is 27.9 Å². The number of hydrogen-bond donors (Lipinski definition) is 1. The molecule has 0 unspecified atom stereocenters. The number of carbonyl (C=O) groups excluding carboxylic acids is 1. The van der Waals surface area contributed by atoms with E-state index in [4.69, 9.17) is 11.6 Å². The highest BCUT2D eigenvalue weighted by Gasteiger charge is 2.20. The minimum atomic E-state index is 0.0119. The van der Waals surface area contributed by atoms with Gasteiger partial charge in [0.15, 0.2) is 0 Å². The standard InChI is InChI=1S/C24H18ClN3O/c1-15-26-10-11-28(15)20-8-6-17(7-9-20)16-2-4-18(5-3-16)21-12-19-13-24(29)27-23(19)14-22(21)25/h2-12,14H,13H2,1H3,(H,27,29). The van der Waals surface area contributed by atoms with Gasteiger partial charge in [-0.3, -0.25) is 4.79 Å². The van der Waals surface area contributed by atoms with Crippen molar-refractivity contribution in [2.75, 3.05) is 5.32 Å². The number of fused-ring (bicyclic) bond motifs is 1. The maximum atomic E-state index is 11.6. The molecule has 0 saturated carbocycles. The Morgan fingerprint density at radius 3 is 2.28 bits per heavy atom. The van der Waals surface area contributed by atoms with Crippen LogP contribution in [0.1, 0.15) is 11.4 Å². The zero-order valence-corrected chi connectivity index (χ0v) is 16.6. The van der Waals surface area contributed by atoms with Crippen LogP contribution in [-0.4, -0.2) is 15.5 Å². The highest BCUT2D eigenvalue weighted by atomic mass is 35.5. The summed E-state index contributed by atoms with van der Waals surface area (Å²) in [5.74, 6) is 0.975. The lowest BCUT2D eigenvalue weighted by atomic mass is 9.98. The van der Waals surface area contributed by atoms with Crippen molar-refractivity contribution < 1.29 is 4.79 Å². The number of amides is 1. The first kappa shape index (κ1) is 17.7. The molecule has 0 bridgehead atoms. The Kier molecular flexibility index (Phi) is 4.22. The summed E-state index contributed by atoms with van der Waals surface area (Å²) in [5, 5.41) is 3.47. The third-order valence-corrected chi connectivity index (χ3v) is 5.63. The van der Waals surface area contributed by atoms with Crippen molar-refractivity contribution in [2.45, 2.75) is 13.3 Å². The van der Waals surface area contributed by atoms with Crippen LogP contribution in [0, 0.1) is 6.92 Å². The van der Waals surface area contributed by atoms with Crippen LogP contribution < -0.4 is 5.32 Å². The molecule has 3 aromatic carbocycles. The summed E-state index contributed by atoms with van der Waals surface area (Å²) < 4.78 is 2.06. The van der Waals surface area contributed by atoms with E-state index in [1.807, 2.05) is 25.3 Å². The molecule has 4 nitrogen and oxygen atoms in total. The van der Waals surface area contributed by atoms with E-state index < -0.39 is 0 Å². The first-order chi connectivity index (χ1) is 14.1. The van der Waals surface area contributed by atoms with E-state index in [0.717, 1.165) is 45.0 Å². The molecule has 0 saturated heterocycles. The van der Waals surface area contributed by atoms with Crippen molar-refractivity contribution in [3.63, 3.8) is 0 Å². The quantitative estimate of drug-likeness (QED) is 0.483. The summed E-state index contributed by atoms with van der Waals surface area (Å²) in [5.41, 5.74) is 7.15. The molecule has 4 aromatic rings. The fourth-order valence-corrected chi connectivity index (χ4v) is 4.05. The van der Waals surface area contributed by atoms with Crippen molar-refractivity contribution in [3.05, 3.63) is 89.5 Å². The molecule has 1 amide bonds. The van der Waals surface area contributed by atoms with Crippen molar-refractivity contribution >= 4 is 23.2 Å². The molecule has 142 valence electrons. The predicted molar refractivity (Wildman–Crippen MR) is 117 cm³/mol. The lowest BCUT2D eigenvalue weighted by molar-refractivity contribution is -0.115. The average Bonchev–Trinajstić information content (AvgIpc) is 3.32. The normalized spacial score (nSPS) is 12.7. The van der Waals surface area contributed by atoms with Crippen LogP contribution >= 0.6 is 11.6 Å². The van der Waals surface area contributed by atoms with Gasteiger partial charge in [0, 0.05) is 29.3 Å². The van der Waals surface area contributed by atoms with Crippen molar-refractivity contribution in [1.29, 1.82) is 0 Å². The van der Waals surface area contributed by atoms with Gasteiger partial charge in [0.2, 0.25) is 5.91 Å². The summed E-state index contributed by atoms with van der Waals surface area (Å²) in [7, 11) is 0. The van der Waals surface area contributed by atoms with Gasteiger partial charge in [0.25, 0.3) is 0 Å². The molecule has 5 heteroatoms. The number of hydrogen-bond acceptors (Lipinski definition) is 2. The zero-order valence-electron chi connectivity index (χ0n) is 15.8. The number of nitrogens with zero attached hydrogens (tertiary/aromatic N) is 2. The van der Waals surface area contributed by atoms with Crippen molar-refractivity contribution in [1.82, 2.24) is 9.55 Å². The number of halogens is 1. The fourth-order valence-electron chi connectivity index (χ4n) is 3.78. The van der Waals surface area contributed by atoms with Gasteiger partial charge in [-0.2, -0.15) is 0 Å². The van der Waals surface area contributed by atoms with Gasteiger partial charge in [0.1, 0.15) is 5.82 Å². The van der Waals surface area contributed by atoms with Gasteiger partial charge in [-0.15, -0.1) is 0 Å². The Morgan fingerprint density at radius 2 is 1.62 bits per heavy atom. The summed E-state index contributed by atoms with van der Waals surface area (Å²) in [6, 6.07) is 20.6. The third kappa shape index (κ3) is 3.22. The van der Waals surface area contributed by atoms with Crippen LogP contribution in [-0.2, 0) is 11.2 Å². The largest absolute Gasteiger partial charge is 0.325 e. The molecule has 1 aliphatic rings. The number of carbonyl (C=O) groups is 1. The molecule has 0 aliphatic carbocycles. The second-order valence-electron chi connectivity index (χ2n) is 7.18. The van der Waals surface area contributed by atoms with Crippen molar-refractivity contribution in [3.8, 4) is 27.9 Å². The Bertz CT molecular complexity index is 1220. The van der Waals surface area contributed by atoms with E-state index in [2.05, 4.69) is 63.4 Å². The Labute approximate surface area is 173 Å². The maximum Gasteiger partial charge on any atom is 0.228 e. The third-order valence-electron chi connectivity index (χ3n) is 5.32. The van der Waals surface area contributed by atoms with Crippen LogP contribution in [0.15, 0.2) is 73.1 Å². The maximum absolute atomic E-state index is 11.6. The summed E-state index contributed by atoms with van der Waals surface area (Å²) in [4.78, 5) is 15.9. The van der Waals surface area contributed by atoms with E-state index in [0.29, 0.717) is 11.4 Å². The van der Waals surface area contributed by atoms with Gasteiger partial charge in [-0.25, -0.2) is 4.98 Å². The SMILES string of the molecule is Cc1nccn1-c1ccc(-c2ccc(-c3cc4c(cc3Cl)NC(=O)C4)cc2)cc1. The Hall–Kier alpha value is -3.37. The molecule has 1 aliphatic heterocycles. The molecule has 0 spiro atoms. The monoisotopic (exact) mass is 399 g/mol. The molecular formula is C24H18ClN3O. The molecule has 0 fully saturated rings. The second-order valence-corrected chi connectivity index (χ2v) is 7.59. The lowest BCUT2D eigenvalue weighted by Gasteiger charge is -2.10.